The number of aromatic nitrogens is 4. The molecule has 0 atom stereocenters. The normalized spacial score (nSPS) is 11.2. The summed E-state index contributed by atoms with van der Waals surface area (Å²) in [5, 5.41) is 0. The molecule has 5 nitrogen and oxygen atoms in total. The van der Waals surface area contributed by atoms with Gasteiger partial charge in [0.25, 0.3) is 5.56 Å². The fraction of sp³-hybridized carbons (Fsp3) is 0.190. The highest BCUT2D eigenvalue weighted by Gasteiger charge is 2.17. The predicted octanol–water partition coefficient (Wildman–Crippen LogP) is 3.30. The second kappa shape index (κ2) is 6.26. The first-order valence-corrected chi connectivity index (χ1v) is 8.59. The summed E-state index contributed by atoms with van der Waals surface area (Å²) in [6, 6.07) is 13.6. The summed E-state index contributed by atoms with van der Waals surface area (Å²) in [4.78, 5) is 21.6. The van der Waals surface area contributed by atoms with E-state index in [-0.39, 0.29) is 5.56 Å². The van der Waals surface area contributed by atoms with Gasteiger partial charge in [-0.05, 0) is 37.1 Å². The number of aryl methyl sites for hydroxylation is 2. The SMILES string of the molecule is Cc1ccccc1Cc1c(C)n(C)n2c(=O)cc(-c3ccncc3)nc12. The van der Waals surface area contributed by atoms with Crippen LogP contribution in [0, 0.1) is 13.8 Å². The fourth-order valence-corrected chi connectivity index (χ4v) is 3.34. The van der Waals surface area contributed by atoms with Gasteiger partial charge in [-0.1, -0.05) is 24.3 Å². The van der Waals surface area contributed by atoms with E-state index < -0.39 is 0 Å². The molecule has 3 aromatic heterocycles. The van der Waals surface area contributed by atoms with Gasteiger partial charge in [0.1, 0.15) is 0 Å². The van der Waals surface area contributed by atoms with Crippen molar-refractivity contribution in [2.45, 2.75) is 20.3 Å². The van der Waals surface area contributed by atoms with Crippen LogP contribution in [0.3, 0.4) is 0 Å². The number of benzene rings is 1. The maximum atomic E-state index is 12.8. The number of nitrogens with zero attached hydrogens (tertiary/aromatic N) is 4. The molecule has 0 aliphatic carbocycles. The Morgan fingerprint density at radius 1 is 1.04 bits per heavy atom. The van der Waals surface area contributed by atoms with Crippen LogP contribution in [-0.2, 0) is 13.5 Å². The lowest BCUT2D eigenvalue weighted by Crippen LogP contribution is -2.19. The first-order valence-electron chi connectivity index (χ1n) is 8.59. The quantitative estimate of drug-likeness (QED) is 0.573. The van der Waals surface area contributed by atoms with Crippen molar-refractivity contribution in [1.82, 2.24) is 19.2 Å². The number of hydrogen-bond acceptors (Lipinski definition) is 3. The van der Waals surface area contributed by atoms with Gasteiger partial charge < -0.3 is 0 Å². The molecule has 130 valence electrons. The van der Waals surface area contributed by atoms with Crippen LogP contribution < -0.4 is 5.56 Å². The van der Waals surface area contributed by atoms with E-state index in [9.17, 15) is 4.79 Å². The Morgan fingerprint density at radius 2 is 1.77 bits per heavy atom. The highest BCUT2D eigenvalue weighted by atomic mass is 16.1. The number of pyridine rings is 1. The molecule has 0 aliphatic rings. The third-order valence-corrected chi connectivity index (χ3v) is 4.99. The Morgan fingerprint density at radius 3 is 2.50 bits per heavy atom. The van der Waals surface area contributed by atoms with Gasteiger partial charge in [-0.3, -0.25) is 14.5 Å². The Balaban J connectivity index is 1.95. The van der Waals surface area contributed by atoms with Gasteiger partial charge in [0.15, 0.2) is 5.65 Å². The van der Waals surface area contributed by atoms with Crippen molar-refractivity contribution in [2.24, 2.45) is 7.05 Å². The van der Waals surface area contributed by atoms with E-state index in [4.69, 9.17) is 4.98 Å². The Kier molecular flexibility index (Phi) is 3.92. The van der Waals surface area contributed by atoms with Crippen LogP contribution in [0.1, 0.15) is 22.4 Å². The predicted molar refractivity (Wildman–Crippen MR) is 102 cm³/mol. The molecule has 4 aromatic rings. The Hall–Kier alpha value is -3.21. The van der Waals surface area contributed by atoms with Gasteiger partial charge in [-0.15, -0.1) is 0 Å². The zero-order valence-electron chi connectivity index (χ0n) is 15.1. The molecule has 4 rings (SSSR count). The molecule has 0 bridgehead atoms. The molecule has 0 saturated heterocycles. The van der Waals surface area contributed by atoms with Gasteiger partial charge in [-0.2, -0.15) is 4.52 Å². The lowest BCUT2D eigenvalue weighted by Gasteiger charge is -2.06. The summed E-state index contributed by atoms with van der Waals surface area (Å²) in [5.41, 5.74) is 6.81. The lowest BCUT2D eigenvalue weighted by molar-refractivity contribution is 0.660. The van der Waals surface area contributed by atoms with Crippen LogP contribution in [0.15, 0.2) is 59.7 Å². The van der Waals surface area contributed by atoms with Crippen LogP contribution in [0.2, 0.25) is 0 Å². The molecule has 0 aliphatic heterocycles. The monoisotopic (exact) mass is 344 g/mol. The average molecular weight is 344 g/mol. The minimum atomic E-state index is -0.0801. The van der Waals surface area contributed by atoms with E-state index in [0.717, 1.165) is 23.2 Å². The topological polar surface area (TPSA) is 52.2 Å². The second-order valence-corrected chi connectivity index (χ2v) is 6.54. The third kappa shape index (κ3) is 2.62. The molecular weight excluding hydrogens is 324 g/mol. The maximum Gasteiger partial charge on any atom is 0.273 e. The van der Waals surface area contributed by atoms with Crippen LogP contribution in [-0.4, -0.2) is 19.2 Å². The van der Waals surface area contributed by atoms with Gasteiger partial charge in [0, 0.05) is 48.7 Å². The van der Waals surface area contributed by atoms with E-state index in [2.05, 4.69) is 24.0 Å². The van der Waals surface area contributed by atoms with Crippen molar-refractivity contribution >= 4 is 5.65 Å². The molecule has 0 spiro atoms. The molecule has 3 heterocycles. The highest BCUT2D eigenvalue weighted by Crippen LogP contribution is 2.23. The van der Waals surface area contributed by atoms with E-state index in [1.54, 1.807) is 23.0 Å². The zero-order valence-corrected chi connectivity index (χ0v) is 15.1. The van der Waals surface area contributed by atoms with Crippen LogP contribution in [0.25, 0.3) is 16.9 Å². The largest absolute Gasteiger partial charge is 0.284 e. The molecule has 26 heavy (non-hydrogen) atoms. The first kappa shape index (κ1) is 16.3. The minimum absolute atomic E-state index is 0.0801. The highest BCUT2D eigenvalue weighted by molar-refractivity contribution is 5.63. The van der Waals surface area contributed by atoms with E-state index in [1.807, 2.05) is 42.9 Å². The first-order chi connectivity index (χ1) is 12.6. The molecule has 0 radical (unpaired) electrons. The van der Waals surface area contributed by atoms with Crippen LogP contribution in [0.4, 0.5) is 0 Å². The average Bonchev–Trinajstić information content (AvgIpc) is 2.89. The number of fused-ring (bicyclic) bond motifs is 1. The summed E-state index contributed by atoms with van der Waals surface area (Å²) in [6.07, 6.45) is 4.17. The van der Waals surface area contributed by atoms with Crippen molar-refractivity contribution < 1.29 is 0 Å². The number of hydrogen-bond donors (Lipinski definition) is 0. The minimum Gasteiger partial charge on any atom is -0.284 e. The van der Waals surface area contributed by atoms with Crippen molar-refractivity contribution in [3.05, 3.63) is 87.6 Å². The molecule has 0 fully saturated rings. The standard InChI is InChI=1S/C21H20N4O/c1-14-6-4-5-7-17(14)12-18-15(2)24(3)25-20(26)13-19(23-21(18)25)16-8-10-22-11-9-16/h4-11,13H,12H2,1-3H3. The molecule has 5 heteroatoms. The molecule has 0 amide bonds. The van der Waals surface area contributed by atoms with Crippen LogP contribution >= 0.6 is 0 Å². The second-order valence-electron chi connectivity index (χ2n) is 6.54. The summed E-state index contributed by atoms with van der Waals surface area (Å²) in [7, 11) is 1.90. The molecule has 0 unspecified atom stereocenters. The Bertz CT molecular complexity index is 1160. The van der Waals surface area contributed by atoms with E-state index >= 15 is 0 Å². The molecule has 1 aromatic carbocycles. The summed E-state index contributed by atoms with van der Waals surface area (Å²) >= 11 is 0. The summed E-state index contributed by atoms with van der Waals surface area (Å²) < 4.78 is 3.53. The van der Waals surface area contributed by atoms with Crippen molar-refractivity contribution in [2.75, 3.05) is 0 Å². The third-order valence-electron chi connectivity index (χ3n) is 4.99. The van der Waals surface area contributed by atoms with E-state index in [0.29, 0.717) is 11.3 Å². The van der Waals surface area contributed by atoms with Crippen molar-refractivity contribution in [3.8, 4) is 11.3 Å². The maximum absolute atomic E-state index is 12.8. The zero-order chi connectivity index (χ0) is 18.3. The van der Waals surface area contributed by atoms with Gasteiger partial charge in [0.2, 0.25) is 0 Å². The van der Waals surface area contributed by atoms with Crippen LogP contribution in [0.5, 0.6) is 0 Å². The van der Waals surface area contributed by atoms with Gasteiger partial charge in [-0.25, -0.2) is 4.98 Å². The van der Waals surface area contributed by atoms with Crippen molar-refractivity contribution in [1.29, 1.82) is 0 Å². The fourth-order valence-electron chi connectivity index (χ4n) is 3.34. The smallest absolute Gasteiger partial charge is 0.273 e. The molecular formula is C21H20N4O. The van der Waals surface area contributed by atoms with E-state index in [1.165, 1.54) is 11.1 Å². The Labute approximate surface area is 151 Å². The van der Waals surface area contributed by atoms with Crippen molar-refractivity contribution in [3.63, 3.8) is 0 Å². The lowest BCUT2D eigenvalue weighted by atomic mass is 10.0. The number of rotatable bonds is 3. The summed E-state index contributed by atoms with van der Waals surface area (Å²) in [5.74, 6) is 0. The van der Waals surface area contributed by atoms with Gasteiger partial charge >= 0.3 is 0 Å². The molecule has 0 N–H and O–H groups in total. The van der Waals surface area contributed by atoms with Gasteiger partial charge in [0.05, 0.1) is 5.69 Å². The molecule has 0 saturated carbocycles. The summed E-state index contributed by atoms with van der Waals surface area (Å²) in [6.45, 7) is 4.14.